The van der Waals surface area contributed by atoms with Crippen LogP contribution >= 0.6 is 11.6 Å². The number of hydrogen-bond acceptors (Lipinski definition) is 1. The normalized spacial score (nSPS) is 31.6. The van der Waals surface area contributed by atoms with Gasteiger partial charge in [0.2, 0.25) is 0 Å². The van der Waals surface area contributed by atoms with E-state index in [2.05, 4.69) is 0 Å². The lowest BCUT2D eigenvalue weighted by molar-refractivity contribution is -0.0485. The van der Waals surface area contributed by atoms with Crippen LogP contribution in [0, 0.1) is 5.41 Å². The molecule has 2 saturated carbocycles. The van der Waals surface area contributed by atoms with Crippen LogP contribution in [0.25, 0.3) is 11.1 Å². The highest BCUT2D eigenvalue weighted by atomic mass is 35.5. The summed E-state index contributed by atoms with van der Waals surface area (Å²) in [7, 11) is 0. The minimum atomic E-state index is -2.35. The van der Waals surface area contributed by atoms with E-state index < -0.39 is 30.1 Å². The first kappa shape index (κ1) is 11.4. The number of aliphatic hydroxyl groups is 1. The SMILES string of the molecule is [2H]C1([2H])CCC2(CC1)CC([2H])([2H])C(O)(c1ccccc1-c1ccc(Cl)cc1)C([2H])([2H])C2. The molecule has 1 N–H and O–H groups in total. The molecule has 0 unspecified atom stereocenters. The Morgan fingerprint density at radius 1 is 0.880 bits per heavy atom. The monoisotopic (exact) mass is 360 g/mol. The largest absolute Gasteiger partial charge is 0.385 e. The van der Waals surface area contributed by atoms with Crippen molar-refractivity contribution in [1.29, 1.82) is 0 Å². The lowest BCUT2D eigenvalue weighted by Crippen LogP contribution is -2.38. The standard InChI is InChI=1S/C23H27ClO/c24-19-10-8-18(9-11-19)20-6-2-3-7-21(20)23(25)16-14-22(15-17-23)12-4-1-5-13-22/h2-3,6-11,25H,1,4-5,12-17H2/i1D2,16D2,17D2. The predicted molar refractivity (Wildman–Crippen MR) is 105 cm³/mol. The Morgan fingerprint density at radius 3 is 2.20 bits per heavy atom. The van der Waals surface area contributed by atoms with E-state index in [1.165, 1.54) is 0 Å². The zero-order chi connectivity index (χ0) is 22.7. The summed E-state index contributed by atoms with van der Waals surface area (Å²) in [6.45, 7) is 0. The summed E-state index contributed by atoms with van der Waals surface area (Å²) in [5, 5.41) is 12.4. The Kier molecular flexibility index (Phi) is 3.09. The molecule has 0 aliphatic heterocycles. The molecule has 0 aromatic heterocycles. The first-order valence-corrected chi connectivity index (χ1v) is 9.27. The van der Waals surface area contributed by atoms with Gasteiger partial charge in [0.1, 0.15) is 0 Å². The fourth-order valence-corrected chi connectivity index (χ4v) is 4.06. The van der Waals surface area contributed by atoms with Crippen molar-refractivity contribution in [3.05, 3.63) is 59.1 Å². The third kappa shape index (κ3) is 3.37. The summed E-state index contributed by atoms with van der Waals surface area (Å²) in [5.74, 6) is 0. The minimum absolute atomic E-state index is 0.00103. The molecule has 0 bridgehead atoms. The quantitative estimate of drug-likeness (QED) is 0.630. The van der Waals surface area contributed by atoms with Crippen LogP contribution in [-0.4, -0.2) is 5.11 Å². The molecule has 2 aliphatic carbocycles. The van der Waals surface area contributed by atoms with Gasteiger partial charge >= 0.3 is 0 Å². The highest BCUT2D eigenvalue weighted by molar-refractivity contribution is 6.30. The summed E-state index contributed by atoms with van der Waals surface area (Å²) < 4.78 is 51.5. The molecular formula is C23H27ClO. The molecule has 2 heteroatoms. The van der Waals surface area contributed by atoms with Crippen LogP contribution in [0.2, 0.25) is 5.02 Å². The van der Waals surface area contributed by atoms with Crippen molar-refractivity contribution in [1.82, 2.24) is 0 Å². The zero-order valence-corrected chi connectivity index (χ0v) is 14.9. The van der Waals surface area contributed by atoms with E-state index >= 15 is 0 Å². The van der Waals surface area contributed by atoms with E-state index in [0.29, 0.717) is 36.3 Å². The summed E-state index contributed by atoms with van der Waals surface area (Å²) in [6.07, 6.45) is -4.33. The van der Waals surface area contributed by atoms with Gasteiger partial charge in [-0.1, -0.05) is 67.2 Å². The highest BCUT2D eigenvalue weighted by Crippen LogP contribution is 2.53. The summed E-state index contributed by atoms with van der Waals surface area (Å²) in [5.41, 5.74) is -1.47. The van der Waals surface area contributed by atoms with Gasteiger partial charge in [-0.25, -0.2) is 0 Å². The van der Waals surface area contributed by atoms with Crippen LogP contribution in [0.1, 0.15) is 71.4 Å². The average Bonchev–Trinajstić information content (AvgIpc) is 2.69. The summed E-state index contributed by atoms with van der Waals surface area (Å²) in [4.78, 5) is 0. The Hall–Kier alpha value is -1.31. The van der Waals surface area contributed by atoms with Gasteiger partial charge in [0.15, 0.2) is 0 Å². The van der Waals surface area contributed by atoms with E-state index in [1.54, 1.807) is 48.5 Å². The van der Waals surface area contributed by atoms with Crippen molar-refractivity contribution in [3.8, 4) is 11.1 Å². The lowest BCUT2D eigenvalue weighted by atomic mass is 9.61. The van der Waals surface area contributed by atoms with Crippen LogP contribution in [0.4, 0.5) is 0 Å². The van der Waals surface area contributed by atoms with Crippen molar-refractivity contribution in [3.63, 3.8) is 0 Å². The minimum Gasteiger partial charge on any atom is -0.385 e. The van der Waals surface area contributed by atoms with E-state index in [4.69, 9.17) is 19.8 Å². The van der Waals surface area contributed by atoms with E-state index in [1.807, 2.05) is 0 Å². The highest BCUT2D eigenvalue weighted by Gasteiger charge is 2.43. The van der Waals surface area contributed by atoms with Crippen LogP contribution in [0.3, 0.4) is 0 Å². The first-order valence-electron chi connectivity index (χ1n) is 11.9. The predicted octanol–water partition coefficient (Wildman–Crippen LogP) is 6.72. The molecule has 0 heterocycles. The van der Waals surface area contributed by atoms with Crippen molar-refractivity contribution < 1.29 is 13.3 Å². The van der Waals surface area contributed by atoms with Gasteiger partial charge in [-0.3, -0.25) is 0 Å². The number of rotatable bonds is 2. The molecular weight excluding hydrogens is 328 g/mol. The smallest absolute Gasteiger partial charge is 0.0903 e. The molecule has 0 atom stereocenters. The maximum Gasteiger partial charge on any atom is 0.0903 e. The second-order valence-corrected chi connectivity index (χ2v) is 7.66. The average molecular weight is 361 g/mol. The number of benzene rings is 2. The molecule has 25 heavy (non-hydrogen) atoms. The molecule has 2 aromatic rings. The van der Waals surface area contributed by atoms with Gasteiger partial charge in [0.05, 0.1) is 5.60 Å². The molecule has 2 aromatic carbocycles. The molecule has 132 valence electrons. The fourth-order valence-electron chi connectivity index (χ4n) is 3.94. The van der Waals surface area contributed by atoms with Crippen molar-refractivity contribution in [2.45, 2.75) is 63.2 Å². The summed E-state index contributed by atoms with van der Waals surface area (Å²) in [6, 6.07) is 13.8. The van der Waals surface area contributed by atoms with Gasteiger partial charge < -0.3 is 5.11 Å². The molecule has 4 rings (SSSR count). The molecule has 1 nitrogen and oxygen atoms in total. The van der Waals surface area contributed by atoms with Crippen molar-refractivity contribution >= 4 is 11.6 Å². The molecule has 2 aliphatic rings. The van der Waals surface area contributed by atoms with Gasteiger partial charge in [-0.2, -0.15) is 0 Å². The second kappa shape index (κ2) is 6.78. The number of halogens is 1. The topological polar surface area (TPSA) is 20.2 Å². The molecule has 0 saturated heterocycles. The molecule has 0 radical (unpaired) electrons. The second-order valence-electron chi connectivity index (χ2n) is 7.22. The van der Waals surface area contributed by atoms with Crippen molar-refractivity contribution in [2.24, 2.45) is 5.41 Å². The zero-order valence-electron chi connectivity index (χ0n) is 20.2. The maximum absolute atomic E-state index is 11.9. The van der Waals surface area contributed by atoms with Crippen LogP contribution in [0.5, 0.6) is 0 Å². The lowest BCUT2D eigenvalue weighted by Gasteiger charge is -2.47. The maximum atomic E-state index is 11.9. The number of hydrogen-bond donors (Lipinski definition) is 1. The first-order chi connectivity index (χ1) is 14.3. The van der Waals surface area contributed by atoms with Gasteiger partial charge in [-0.15, -0.1) is 0 Å². The summed E-state index contributed by atoms with van der Waals surface area (Å²) >= 11 is 6.01. The Morgan fingerprint density at radius 2 is 1.52 bits per heavy atom. The van der Waals surface area contributed by atoms with Gasteiger partial charge in [0.25, 0.3) is 0 Å². The molecule has 1 spiro atoms. The van der Waals surface area contributed by atoms with Crippen LogP contribution in [0.15, 0.2) is 48.5 Å². The third-order valence-electron chi connectivity index (χ3n) is 5.57. The van der Waals surface area contributed by atoms with E-state index in [0.717, 1.165) is 5.56 Å². The van der Waals surface area contributed by atoms with Gasteiger partial charge in [-0.05, 0) is 72.7 Å². The van der Waals surface area contributed by atoms with E-state index in [-0.39, 0.29) is 18.4 Å². The van der Waals surface area contributed by atoms with Crippen LogP contribution < -0.4 is 0 Å². The van der Waals surface area contributed by atoms with Gasteiger partial charge in [0, 0.05) is 13.2 Å². The molecule has 0 amide bonds. The van der Waals surface area contributed by atoms with Crippen molar-refractivity contribution in [2.75, 3.05) is 0 Å². The fraction of sp³-hybridized carbons (Fsp3) is 0.478. The van der Waals surface area contributed by atoms with E-state index in [9.17, 15) is 5.11 Å². The third-order valence-corrected chi connectivity index (χ3v) is 5.83. The Bertz CT molecular complexity index is 942. The Balaban J connectivity index is 1.80. The van der Waals surface area contributed by atoms with Crippen LogP contribution in [-0.2, 0) is 5.60 Å². The Labute approximate surface area is 164 Å². The molecule has 2 fully saturated rings.